The van der Waals surface area contributed by atoms with Crippen molar-refractivity contribution >= 4 is 11.4 Å². The number of nitrogens with zero attached hydrogens (tertiary/aromatic N) is 2. The lowest BCUT2D eigenvalue weighted by Gasteiger charge is -2.18. The summed E-state index contributed by atoms with van der Waals surface area (Å²) in [5, 5.41) is 19.9. The van der Waals surface area contributed by atoms with Crippen LogP contribution in [0.4, 0.5) is 0 Å². The highest BCUT2D eigenvalue weighted by atomic mass is 32.2. The van der Waals surface area contributed by atoms with E-state index >= 15 is 0 Å². The smallest absolute Gasteiger partial charge is 0.284 e. The molecule has 6 heteroatoms. The maximum Gasteiger partial charge on any atom is 0.284 e. The van der Waals surface area contributed by atoms with Gasteiger partial charge in [-0.1, -0.05) is 18.2 Å². The van der Waals surface area contributed by atoms with E-state index in [1.54, 1.807) is 24.6 Å². The summed E-state index contributed by atoms with van der Waals surface area (Å²) in [4.78, 5) is 0. The predicted molar refractivity (Wildman–Crippen MR) is 69.4 cm³/mol. The Labute approximate surface area is 109 Å². The van der Waals surface area contributed by atoms with Gasteiger partial charge in [0.25, 0.3) is 5.03 Å². The Morgan fingerprint density at radius 3 is 2.44 bits per heavy atom. The highest BCUT2D eigenvalue weighted by Crippen LogP contribution is 2.25. The van der Waals surface area contributed by atoms with Crippen molar-refractivity contribution in [3.05, 3.63) is 42.1 Å². The van der Waals surface area contributed by atoms with Crippen LogP contribution in [0.15, 0.2) is 41.4 Å². The molecule has 0 saturated heterocycles. The summed E-state index contributed by atoms with van der Waals surface area (Å²) in [7, 11) is 0. The van der Waals surface area contributed by atoms with Crippen LogP contribution in [0, 0.1) is 0 Å². The maximum atomic E-state index is 11.3. The Kier molecular flexibility index (Phi) is 3.45. The molecule has 1 aromatic carbocycles. The van der Waals surface area contributed by atoms with E-state index in [4.69, 9.17) is 5.14 Å². The van der Waals surface area contributed by atoms with Crippen LogP contribution in [-0.4, -0.2) is 19.4 Å². The van der Waals surface area contributed by atoms with E-state index in [1.165, 1.54) is 0 Å². The molecular weight excluding hydrogens is 250 g/mol. The van der Waals surface area contributed by atoms with Crippen LogP contribution in [0.25, 0.3) is 5.69 Å². The fraction of sp³-hybridized carbons (Fsp3) is 0.250. The second-order valence-corrected chi connectivity index (χ2v) is 5.48. The lowest BCUT2D eigenvalue weighted by atomic mass is 10.1. The molecule has 1 atom stereocenters. The second kappa shape index (κ2) is 4.74. The topological polar surface area (TPSA) is 87.1 Å². The summed E-state index contributed by atoms with van der Waals surface area (Å²) < 4.78 is 12.9. The van der Waals surface area contributed by atoms with Crippen LogP contribution in [0.1, 0.15) is 19.5 Å². The fourth-order valence-electron chi connectivity index (χ4n) is 1.66. The first-order valence-corrected chi connectivity index (χ1v) is 6.65. The van der Waals surface area contributed by atoms with Gasteiger partial charge in [0.1, 0.15) is 5.60 Å². The molecule has 0 fully saturated rings. The number of benzene rings is 1. The average molecular weight is 265 g/mol. The minimum atomic E-state index is -1.67. The highest BCUT2D eigenvalue weighted by molar-refractivity contribution is 7.89. The van der Waals surface area contributed by atoms with Crippen LogP contribution >= 0.6 is 0 Å². The van der Waals surface area contributed by atoms with Crippen molar-refractivity contribution in [2.24, 2.45) is 5.14 Å². The van der Waals surface area contributed by atoms with Crippen LogP contribution in [-0.2, 0) is 17.0 Å². The number of aromatic nitrogens is 2. The third-order valence-electron chi connectivity index (χ3n) is 2.52. The molecule has 18 heavy (non-hydrogen) atoms. The Hall–Kier alpha value is -1.34. The van der Waals surface area contributed by atoms with E-state index in [0.29, 0.717) is 5.69 Å². The van der Waals surface area contributed by atoms with Gasteiger partial charge >= 0.3 is 0 Å². The SMILES string of the molecule is CC(C)(O)c1cc([S+](N)[O-])nn1-c1ccccc1. The van der Waals surface area contributed by atoms with E-state index in [9.17, 15) is 9.66 Å². The number of hydrogen-bond acceptors (Lipinski definition) is 4. The van der Waals surface area contributed by atoms with Gasteiger partial charge in [-0.3, -0.25) is 0 Å². The monoisotopic (exact) mass is 265 g/mol. The predicted octanol–water partition coefficient (Wildman–Crippen LogP) is 1.08. The summed E-state index contributed by atoms with van der Waals surface area (Å²) in [5.41, 5.74) is 0.231. The molecule has 0 radical (unpaired) electrons. The maximum absolute atomic E-state index is 11.3. The first-order chi connectivity index (χ1) is 8.39. The summed E-state index contributed by atoms with van der Waals surface area (Å²) >= 11 is -1.67. The van der Waals surface area contributed by atoms with Crippen molar-refractivity contribution in [2.45, 2.75) is 24.5 Å². The van der Waals surface area contributed by atoms with Crippen molar-refractivity contribution < 1.29 is 9.66 Å². The number of nitrogens with two attached hydrogens (primary N) is 1. The Bertz CT molecular complexity index is 532. The van der Waals surface area contributed by atoms with Gasteiger partial charge in [0.2, 0.25) is 0 Å². The molecule has 1 unspecified atom stereocenters. The van der Waals surface area contributed by atoms with Gasteiger partial charge in [-0.05, 0) is 26.0 Å². The Morgan fingerprint density at radius 1 is 1.33 bits per heavy atom. The first kappa shape index (κ1) is 13.1. The van der Waals surface area contributed by atoms with Gasteiger partial charge in [-0.2, -0.15) is 0 Å². The summed E-state index contributed by atoms with van der Waals surface area (Å²) in [6.45, 7) is 3.29. The number of aliphatic hydroxyl groups is 1. The van der Waals surface area contributed by atoms with Gasteiger partial charge < -0.3 is 9.66 Å². The minimum absolute atomic E-state index is 0.246. The standard InChI is InChI=1S/C12H15N3O2S/c1-12(2,16)10-8-11(18(13)17)14-15(10)9-6-4-3-5-7-9/h3-8,16H,13H2,1-2H3. The Balaban J connectivity index is 2.59. The fourth-order valence-corrected chi connectivity index (χ4v) is 2.05. The molecule has 1 aromatic heterocycles. The number of rotatable bonds is 3. The summed E-state index contributed by atoms with van der Waals surface area (Å²) in [6.07, 6.45) is 0. The van der Waals surface area contributed by atoms with Gasteiger partial charge in [0.05, 0.1) is 22.7 Å². The zero-order valence-electron chi connectivity index (χ0n) is 10.2. The van der Waals surface area contributed by atoms with Crippen molar-refractivity contribution in [3.8, 4) is 5.69 Å². The van der Waals surface area contributed by atoms with Crippen molar-refractivity contribution in [2.75, 3.05) is 0 Å². The van der Waals surface area contributed by atoms with Crippen molar-refractivity contribution in [1.29, 1.82) is 0 Å². The lowest BCUT2D eigenvalue weighted by Crippen LogP contribution is -2.20. The molecule has 0 saturated carbocycles. The number of para-hydroxylation sites is 1. The largest absolute Gasteiger partial charge is 0.592 e. The summed E-state index contributed by atoms with van der Waals surface area (Å²) in [6, 6.07) is 10.9. The molecular formula is C12H15N3O2S. The van der Waals surface area contributed by atoms with Gasteiger partial charge in [-0.15, -0.1) is 10.2 Å². The van der Waals surface area contributed by atoms with Crippen LogP contribution in [0.5, 0.6) is 0 Å². The zero-order valence-corrected chi connectivity index (χ0v) is 11.0. The van der Waals surface area contributed by atoms with E-state index in [1.807, 2.05) is 30.3 Å². The molecule has 96 valence electrons. The molecule has 1 heterocycles. The van der Waals surface area contributed by atoms with Gasteiger partial charge in [0.15, 0.2) is 0 Å². The molecule has 5 nitrogen and oxygen atoms in total. The van der Waals surface area contributed by atoms with Crippen LogP contribution < -0.4 is 5.14 Å². The van der Waals surface area contributed by atoms with E-state index in [0.717, 1.165) is 5.69 Å². The van der Waals surface area contributed by atoms with Gasteiger partial charge in [0, 0.05) is 6.07 Å². The highest BCUT2D eigenvalue weighted by Gasteiger charge is 2.26. The van der Waals surface area contributed by atoms with E-state index in [2.05, 4.69) is 5.10 Å². The van der Waals surface area contributed by atoms with Gasteiger partial charge in [-0.25, -0.2) is 4.68 Å². The zero-order chi connectivity index (χ0) is 13.3. The van der Waals surface area contributed by atoms with Crippen LogP contribution in [0.3, 0.4) is 0 Å². The molecule has 0 amide bonds. The van der Waals surface area contributed by atoms with E-state index in [-0.39, 0.29) is 5.03 Å². The van der Waals surface area contributed by atoms with Crippen LogP contribution in [0.2, 0.25) is 0 Å². The minimum Gasteiger partial charge on any atom is -0.592 e. The molecule has 0 aliphatic rings. The molecule has 0 bridgehead atoms. The first-order valence-electron chi connectivity index (χ1n) is 5.44. The summed E-state index contributed by atoms with van der Waals surface area (Å²) in [5.74, 6) is 0. The molecule has 2 aromatic rings. The van der Waals surface area contributed by atoms with E-state index < -0.39 is 17.0 Å². The molecule has 0 aliphatic heterocycles. The molecule has 0 aliphatic carbocycles. The quantitative estimate of drug-likeness (QED) is 0.813. The third kappa shape index (κ3) is 2.56. The molecule has 0 spiro atoms. The van der Waals surface area contributed by atoms with Crippen molar-refractivity contribution in [3.63, 3.8) is 0 Å². The van der Waals surface area contributed by atoms with Crippen molar-refractivity contribution in [1.82, 2.24) is 9.78 Å². The number of hydrogen-bond donors (Lipinski definition) is 2. The Morgan fingerprint density at radius 2 is 1.94 bits per heavy atom. The third-order valence-corrected chi connectivity index (χ3v) is 3.13. The lowest BCUT2D eigenvalue weighted by molar-refractivity contribution is 0.0711. The second-order valence-electron chi connectivity index (χ2n) is 4.47. The molecule has 2 rings (SSSR count). The molecule has 3 N–H and O–H groups in total. The average Bonchev–Trinajstić information content (AvgIpc) is 2.74. The normalized spacial score (nSPS) is 13.6.